The first-order valence-corrected chi connectivity index (χ1v) is 7.62. The van der Waals surface area contributed by atoms with Crippen LogP contribution in [0.5, 0.6) is 11.5 Å². The Labute approximate surface area is 143 Å². The van der Waals surface area contributed by atoms with E-state index in [2.05, 4.69) is 0 Å². The normalized spacial score (nSPS) is 10.6. The third kappa shape index (κ3) is 3.33. The standard InChI is InChI=1S/C19H17NO5/c1-11-15-9-14(24-10-17(20)21)7-8-16(15)25-19(22)18(11)12-3-5-13(23-2)6-4-12/h3-9H,10H2,1-2H3,(H2,20,21). The zero-order chi connectivity index (χ0) is 18.0. The average molecular weight is 339 g/mol. The molecule has 3 aromatic rings. The second kappa shape index (κ2) is 6.68. The van der Waals surface area contributed by atoms with E-state index >= 15 is 0 Å². The van der Waals surface area contributed by atoms with Crippen LogP contribution in [0.15, 0.2) is 51.7 Å². The van der Waals surface area contributed by atoms with Crippen LogP contribution in [0.2, 0.25) is 0 Å². The fourth-order valence-electron chi connectivity index (χ4n) is 2.67. The largest absolute Gasteiger partial charge is 0.497 e. The monoisotopic (exact) mass is 339 g/mol. The van der Waals surface area contributed by atoms with E-state index in [1.54, 1.807) is 49.6 Å². The molecule has 0 aliphatic carbocycles. The molecule has 0 aliphatic rings. The zero-order valence-corrected chi connectivity index (χ0v) is 13.9. The number of ether oxygens (including phenoxy) is 2. The summed E-state index contributed by atoms with van der Waals surface area (Å²) >= 11 is 0. The number of fused-ring (bicyclic) bond motifs is 1. The van der Waals surface area contributed by atoms with Gasteiger partial charge in [0.2, 0.25) is 0 Å². The van der Waals surface area contributed by atoms with Gasteiger partial charge in [-0.2, -0.15) is 0 Å². The zero-order valence-electron chi connectivity index (χ0n) is 13.9. The predicted molar refractivity (Wildman–Crippen MR) is 93.9 cm³/mol. The van der Waals surface area contributed by atoms with Gasteiger partial charge in [-0.1, -0.05) is 12.1 Å². The van der Waals surface area contributed by atoms with Gasteiger partial charge in [-0.25, -0.2) is 4.79 Å². The van der Waals surface area contributed by atoms with E-state index in [1.807, 2.05) is 6.92 Å². The van der Waals surface area contributed by atoms with Crippen LogP contribution >= 0.6 is 0 Å². The lowest BCUT2D eigenvalue weighted by Crippen LogP contribution is -2.20. The molecule has 3 rings (SSSR count). The first-order valence-electron chi connectivity index (χ1n) is 7.62. The third-order valence-corrected chi connectivity index (χ3v) is 3.90. The molecule has 128 valence electrons. The molecule has 1 amide bonds. The number of aryl methyl sites for hydroxylation is 1. The number of carbonyl (C=O) groups is 1. The number of hydrogen-bond donors (Lipinski definition) is 1. The first kappa shape index (κ1) is 16.6. The minimum atomic E-state index is -0.560. The van der Waals surface area contributed by atoms with Crippen LogP contribution in [0.25, 0.3) is 22.1 Å². The molecule has 0 aliphatic heterocycles. The smallest absolute Gasteiger partial charge is 0.344 e. The Morgan fingerprint density at radius 3 is 2.44 bits per heavy atom. The molecule has 0 fully saturated rings. The van der Waals surface area contributed by atoms with Crippen molar-refractivity contribution in [3.63, 3.8) is 0 Å². The minimum absolute atomic E-state index is 0.216. The number of nitrogens with two attached hydrogens (primary N) is 1. The summed E-state index contributed by atoms with van der Waals surface area (Å²) in [5.74, 6) is 0.619. The van der Waals surface area contributed by atoms with Crippen LogP contribution in [0.4, 0.5) is 0 Å². The van der Waals surface area contributed by atoms with Gasteiger partial charge in [-0.05, 0) is 48.4 Å². The van der Waals surface area contributed by atoms with Crippen molar-refractivity contribution < 1.29 is 18.7 Å². The molecule has 0 unspecified atom stereocenters. The highest BCUT2D eigenvalue weighted by Gasteiger charge is 2.14. The number of amides is 1. The molecule has 25 heavy (non-hydrogen) atoms. The van der Waals surface area contributed by atoms with Gasteiger partial charge in [-0.15, -0.1) is 0 Å². The fraction of sp³-hybridized carbons (Fsp3) is 0.158. The Bertz CT molecular complexity index is 989. The van der Waals surface area contributed by atoms with E-state index in [0.29, 0.717) is 22.6 Å². The van der Waals surface area contributed by atoms with Crippen molar-refractivity contribution in [2.75, 3.05) is 13.7 Å². The first-order chi connectivity index (χ1) is 12.0. The topological polar surface area (TPSA) is 91.8 Å². The van der Waals surface area contributed by atoms with Crippen molar-refractivity contribution in [2.24, 2.45) is 5.73 Å². The average Bonchev–Trinajstić information content (AvgIpc) is 2.60. The Kier molecular flexibility index (Phi) is 4.43. The second-order valence-corrected chi connectivity index (χ2v) is 5.53. The van der Waals surface area contributed by atoms with Crippen molar-refractivity contribution in [1.82, 2.24) is 0 Å². The van der Waals surface area contributed by atoms with E-state index in [1.165, 1.54) is 0 Å². The Hall–Kier alpha value is -3.28. The molecule has 1 aromatic heterocycles. The van der Waals surface area contributed by atoms with Crippen LogP contribution < -0.4 is 20.8 Å². The molecule has 0 saturated heterocycles. The number of benzene rings is 2. The second-order valence-electron chi connectivity index (χ2n) is 5.53. The quantitative estimate of drug-likeness (QED) is 0.722. The fourth-order valence-corrected chi connectivity index (χ4v) is 2.67. The summed E-state index contributed by atoms with van der Waals surface area (Å²) < 4.78 is 15.9. The van der Waals surface area contributed by atoms with Crippen LogP contribution in [-0.4, -0.2) is 19.6 Å². The molecule has 6 nitrogen and oxygen atoms in total. The molecular weight excluding hydrogens is 322 g/mol. The van der Waals surface area contributed by atoms with Gasteiger partial charge in [0.25, 0.3) is 5.91 Å². The highest BCUT2D eigenvalue weighted by molar-refractivity contribution is 5.87. The molecule has 0 saturated carbocycles. The summed E-state index contributed by atoms with van der Waals surface area (Å²) in [6, 6.07) is 12.2. The van der Waals surface area contributed by atoms with Crippen LogP contribution in [0.1, 0.15) is 5.56 Å². The summed E-state index contributed by atoms with van der Waals surface area (Å²) in [5.41, 5.74) is 7.10. The van der Waals surface area contributed by atoms with Crippen LogP contribution in [0.3, 0.4) is 0 Å². The van der Waals surface area contributed by atoms with Crippen molar-refractivity contribution in [3.8, 4) is 22.6 Å². The van der Waals surface area contributed by atoms with Crippen LogP contribution in [0, 0.1) is 6.92 Å². The van der Waals surface area contributed by atoms with Gasteiger partial charge >= 0.3 is 5.63 Å². The van der Waals surface area contributed by atoms with Crippen molar-refractivity contribution >= 4 is 16.9 Å². The van der Waals surface area contributed by atoms with E-state index in [-0.39, 0.29) is 6.61 Å². The third-order valence-electron chi connectivity index (χ3n) is 3.90. The number of hydrogen-bond acceptors (Lipinski definition) is 5. The number of carbonyl (C=O) groups excluding carboxylic acids is 1. The maximum absolute atomic E-state index is 12.4. The SMILES string of the molecule is COc1ccc(-c2c(C)c3cc(OCC(N)=O)ccc3oc2=O)cc1. The van der Waals surface area contributed by atoms with Gasteiger partial charge in [0.15, 0.2) is 6.61 Å². The predicted octanol–water partition coefficient (Wildman–Crippen LogP) is 2.64. The Morgan fingerprint density at radius 2 is 1.80 bits per heavy atom. The number of rotatable bonds is 5. The van der Waals surface area contributed by atoms with Gasteiger partial charge in [0.05, 0.1) is 12.7 Å². The highest BCUT2D eigenvalue weighted by atomic mass is 16.5. The summed E-state index contributed by atoms with van der Waals surface area (Å²) in [6.45, 7) is 1.63. The molecule has 0 atom stereocenters. The lowest BCUT2D eigenvalue weighted by molar-refractivity contribution is -0.119. The van der Waals surface area contributed by atoms with E-state index in [9.17, 15) is 9.59 Å². The van der Waals surface area contributed by atoms with E-state index < -0.39 is 11.5 Å². The highest BCUT2D eigenvalue weighted by Crippen LogP contribution is 2.30. The van der Waals surface area contributed by atoms with Crippen molar-refractivity contribution in [1.29, 1.82) is 0 Å². The summed E-state index contributed by atoms with van der Waals surface area (Å²) in [5, 5.41) is 0.729. The van der Waals surface area contributed by atoms with Gasteiger partial charge < -0.3 is 19.6 Å². The molecular formula is C19H17NO5. The molecule has 0 radical (unpaired) electrons. The van der Waals surface area contributed by atoms with Gasteiger partial charge in [0, 0.05) is 5.39 Å². The van der Waals surface area contributed by atoms with E-state index in [4.69, 9.17) is 19.6 Å². The van der Waals surface area contributed by atoms with E-state index in [0.717, 1.165) is 16.5 Å². The molecule has 1 heterocycles. The summed E-state index contributed by atoms with van der Waals surface area (Å²) in [7, 11) is 1.58. The van der Waals surface area contributed by atoms with Crippen LogP contribution in [-0.2, 0) is 4.79 Å². The summed E-state index contributed by atoms with van der Waals surface area (Å²) in [6.07, 6.45) is 0. The van der Waals surface area contributed by atoms with Gasteiger partial charge in [-0.3, -0.25) is 4.79 Å². The molecule has 0 spiro atoms. The van der Waals surface area contributed by atoms with Gasteiger partial charge in [0.1, 0.15) is 17.1 Å². The maximum atomic E-state index is 12.4. The molecule has 2 N–H and O–H groups in total. The van der Waals surface area contributed by atoms with Crippen molar-refractivity contribution in [2.45, 2.75) is 6.92 Å². The van der Waals surface area contributed by atoms with Crippen molar-refractivity contribution in [3.05, 3.63) is 58.4 Å². The Morgan fingerprint density at radius 1 is 1.12 bits per heavy atom. The maximum Gasteiger partial charge on any atom is 0.344 e. The minimum Gasteiger partial charge on any atom is -0.497 e. The Balaban J connectivity index is 2.11. The number of methoxy groups -OCH3 is 1. The molecule has 2 aromatic carbocycles. The lowest BCUT2D eigenvalue weighted by atomic mass is 9.99. The molecule has 0 bridgehead atoms. The molecule has 6 heteroatoms. The lowest BCUT2D eigenvalue weighted by Gasteiger charge is -2.10. The number of primary amides is 1. The summed E-state index contributed by atoms with van der Waals surface area (Å²) in [4.78, 5) is 23.3.